The molecule has 0 saturated heterocycles. The van der Waals surface area contributed by atoms with E-state index in [1.807, 2.05) is 12.1 Å². The molecule has 1 aliphatic carbocycles. The van der Waals surface area contributed by atoms with Crippen LogP contribution in [0.25, 0.3) is 0 Å². The lowest BCUT2D eigenvalue weighted by Crippen LogP contribution is -2.06. The number of carboxylic acid groups (broad SMARTS) is 1. The monoisotopic (exact) mass is 233 g/mol. The highest BCUT2D eigenvalue weighted by Crippen LogP contribution is 2.27. The minimum Gasteiger partial charge on any atom is -0.478 e. The Morgan fingerprint density at radius 2 is 1.88 bits per heavy atom. The number of rotatable bonds is 5. The molecule has 3 nitrogen and oxygen atoms in total. The fraction of sp³-hybridized carbons (Fsp3) is 0.500. The summed E-state index contributed by atoms with van der Waals surface area (Å²) in [6, 6.07) is 6.94. The molecule has 0 spiro atoms. The van der Waals surface area contributed by atoms with Crippen molar-refractivity contribution in [1.29, 1.82) is 0 Å². The van der Waals surface area contributed by atoms with Crippen LogP contribution < -0.4 is 5.32 Å². The number of hydrogen-bond acceptors (Lipinski definition) is 2. The minimum absolute atomic E-state index is 0.339. The fourth-order valence-corrected chi connectivity index (χ4v) is 2.45. The van der Waals surface area contributed by atoms with Gasteiger partial charge in [0, 0.05) is 12.2 Å². The molecule has 0 aromatic heterocycles. The van der Waals surface area contributed by atoms with Crippen LogP contribution in [0.3, 0.4) is 0 Å². The van der Waals surface area contributed by atoms with E-state index in [4.69, 9.17) is 5.11 Å². The maximum absolute atomic E-state index is 10.7. The Bertz CT molecular complexity index is 366. The fourth-order valence-electron chi connectivity index (χ4n) is 2.45. The maximum Gasteiger partial charge on any atom is 0.335 e. The van der Waals surface area contributed by atoms with Gasteiger partial charge in [-0.15, -0.1) is 0 Å². The molecule has 0 radical (unpaired) electrons. The second kappa shape index (κ2) is 5.71. The second-order valence-electron chi connectivity index (χ2n) is 4.75. The van der Waals surface area contributed by atoms with E-state index in [0.29, 0.717) is 5.56 Å². The lowest BCUT2D eigenvalue weighted by molar-refractivity contribution is 0.0697. The summed E-state index contributed by atoms with van der Waals surface area (Å²) in [6.45, 7) is 0.983. The summed E-state index contributed by atoms with van der Waals surface area (Å²) in [4.78, 5) is 10.7. The highest BCUT2D eigenvalue weighted by atomic mass is 16.4. The number of benzene rings is 1. The molecule has 2 rings (SSSR count). The third-order valence-corrected chi connectivity index (χ3v) is 3.49. The van der Waals surface area contributed by atoms with Crippen LogP contribution in [0.4, 0.5) is 5.69 Å². The van der Waals surface area contributed by atoms with Crippen molar-refractivity contribution in [2.75, 3.05) is 11.9 Å². The molecule has 2 N–H and O–H groups in total. The normalized spacial score (nSPS) is 16.0. The summed E-state index contributed by atoms with van der Waals surface area (Å²) in [5, 5.41) is 12.1. The molecule has 92 valence electrons. The molecule has 0 atom stereocenters. The largest absolute Gasteiger partial charge is 0.478 e. The standard InChI is InChI=1S/C14H19NO2/c16-14(17)12-5-7-13(8-6-12)15-10-9-11-3-1-2-4-11/h5-8,11,15H,1-4,9-10H2,(H,16,17). The van der Waals surface area contributed by atoms with E-state index in [1.165, 1.54) is 32.1 Å². The Labute approximate surface area is 102 Å². The van der Waals surface area contributed by atoms with Crippen molar-refractivity contribution in [3.63, 3.8) is 0 Å². The van der Waals surface area contributed by atoms with Crippen molar-refractivity contribution < 1.29 is 9.90 Å². The summed E-state index contributed by atoms with van der Waals surface area (Å²) in [5.41, 5.74) is 1.35. The number of aromatic carboxylic acids is 1. The van der Waals surface area contributed by atoms with Gasteiger partial charge < -0.3 is 10.4 Å². The topological polar surface area (TPSA) is 49.3 Å². The average molecular weight is 233 g/mol. The van der Waals surface area contributed by atoms with Gasteiger partial charge in [-0.1, -0.05) is 25.7 Å². The molecular weight excluding hydrogens is 214 g/mol. The van der Waals surface area contributed by atoms with Crippen LogP contribution in [0.1, 0.15) is 42.5 Å². The van der Waals surface area contributed by atoms with Crippen LogP contribution in [-0.2, 0) is 0 Å². The molecule has 1 aromatic carbocycles. The number of anilines is 1. The molecule has 1 saturated carbocycles. The van der Waals surface area contributed by atoms with Crippen LogP contribution in [-0.4, -0.2) is 17.6 Å². The summed E-state index contributed by atoms with van der Waals surface area (Å²) in [5.74, 6) is 0.0169. The van der Waals surface area contributed by atoms with Crippen LogP contribution in [0.15, 0.2) is 24.3 Å². The lowest BCUT2D eigenvalue weighted by atomic mass is 10.0. The van der Waals surface area contributed by atoms with E-state index in [2.05, 4.69) is 5.32 Å². The van der Waals surface area contributed by atoms with E-state index < -0.39 is 5.97 Å². The third-order valence-electron chi connectivity index (χ3n) is 3.49. The Balaban J connectivity index is 1.76. The molecule has 0 aliphatic heterocycles. The van der Waals surface area contributed by atoms with Gasteiger partial charge in [0.25, 0.3) is 0 Å². The average Bonchev–Trinajstić information content (AvgIpc) is 2.83. The van der Waals surface area contributed by atoms with Gasteiger partial charge in [-0.05, 0) is 36.6 Å². The first-order valence-corrected chi connectivity index (χ1v) is 6.33. The predicted octanol–water partition coefficient (Wildman–Crippen LogP) is 3.38. The van der Waals surface area contributed by atoms with Crippen LogP contribution in [0.2, 0.25) is 0 Å². The van der Waals surface area contributed by atoms with Gasteiger partial charge in [0.2, 0.25) is 0 Å². The van der Waals surface area contributed by atoms with Gasteiger partial charge in [0.05, 0.1) is 5.56 Å². The van der Waals surface area contributed by atoms with Crippen LogP contribution in [0.5, 0.6) is 0 Å². The summed E-state index contributed by atoms with van der Waals surface area (Å²) < 4.78 is 0. The molecule has 0 heterocycles. The highest BCUT2D eigenvalue weighted by molar-refractivity contribution is 5.87. The molecule has 3 heteroatoms. The summed E-state index contributed by atoms with van der Waals surface area (Å²) >= 11 is 0. The van der Waals surface area contributed by atoms with Crippen molar-refractivity contribution in [2.24, 2.45) is 5.92 Å². The van der Waals surface area contributed by atoms with Gasteiger partial charge in [-0.2, -0.15) is 0 Å². The van der Waals surface area contributed by atoms with E-state index >= 15 is 0 Å². The SMILES string of the molecule is O=C(O)c1ccc(NCCC2CCCC2)cc1. The zero-order valence-corrected chi connectivity index (χ0v) is 9.98. The molecule has 0 bridgehead atoms. The first-order valence-electron chi connectivity index (χ1n) is 6.33. The smallest absolute Gasteiger partial charge is 0.335 e. The summed E-state index contributed by atoms with van der Waals surface area (Å²) in [7, 11) is 0. The Morgan fingerprint density at radius 1 is 1.24 bits per heavy atom. The number of carbonyl (C=O) groups is 1. The summed E-state index contributed by atoms with van der Waals surface area (Å²) in [6.07, 6.45) is 6.75. The first-order chi connectivity index (χ1) is 8.25. The van der Waals surface area contributed by atoms with E-state index in [-0.39, 0.29) is 0 Å². The molecule has 1 fully saturated rings. The van der Waals surface area contributed by atoms with E-state index in [9.17, 15) is 4.79 Å². The van der Waals surface area contributed by atoms with Crippen molar-refractivity contribution in [3.8, 4) is 0 Å². The molecule has 0 unspecified atom stereocenters. The Kier molecular flexibility index (Phi) is 4.02. The third kappa shape index (κ3) is 3.48. The zero-order chi connectivity index (χ0) is 12.1. The minimum atomic E-state index is -0.873. The Morgan fingerprint density at radius 3 is 2.47 bits per heavy atom. The molecular formula is C14H19NO2. The first kappa shape index (κ1) is 12.0. The van der Waals surface area contributed by atoms with Crippen molar-refractivity contribution in [2.45, 2.75) is 32.1 Å². The molecule has 17 heavy (non-hydrogen) atoms. The van der Waals surface area contributed by atoms with Crippen LogP contribution >= 0.6 is 0 Å². The van der Waals surface area contributed by atoms with Crippen molar-refractivity contribution >= 4 is 11.7 Å². The Hall–Kier alpha value is -1.51. The van der Waals surface area contributed by atoms with Gasteiger partial charge in [-0.3, -0.25) is 0 Å². The van der Waals surface area contributed by atoms with Crippen molar-refractivity contribution in [1.82, 2.24) is 0 Å². The van der Waals surface area contributed by atoms with Crippen LogP contribution in [0, 0.1) is 5.92 Å². The van der Waals surface area contributed by atoms with Gasteiger partial charge in [0.15, 0.2) is 0 Å². The molecule has 1 aliphatic rings. The second-order valence-corrected chi connectivity index (χ2v) is 4.75. The lowest BCUT2D eigenvalue weighted by Gasteiger charge is -2.10. The maximum atomic E-state index is 10.7. The van der Waals surface area contributed by atoms with Gasteiger partial charge in [-0.25, -0.2) is 4.79 Å². The van der Waals surface area contributed by atoms with Crippen molar-refractivity contribution in [3.05, 3.63) is 29.8 Å². The number of nitrogens with one attached hydrogen (secondary N) is 1. The number of hydrogen-bond donors (Lipinski definition) is 2. The van der Waals surface area contributed by atoms with Gasteiger partial charge >= 0.3 is 5.97 Å². The zero-order valence-electron chi connectivity index (χ0n) is 9.98. The van der Waals surface area contributed by atoms with Gasteiger partial charge in [0.1, 0.15) is 0 Å². The molecule has 1 aromatic rings. The van der Waals surface area contributed by atoms with E-state index in [1.54, 1.807) is 12.1 Å². The predicted molar refractivity (Wildman–Crippen MR) is 68.5 cm³/mol. The number of carboxylic acids is 1. The molecule has 0 amide bonds. The van der Waals surface area contributed by atoms with E-state index in [0.717, 1.165) is 18.2 Å². The highest BCUT2D eigenvalue weighted by Gasteiger charge is 2.13. The quantitative estimate of drug-likeness (QED) is 0.819.